The Bertz CT molecular complexity index is 419. The number of hydrogen-bond acceptors (Lipinski definition) is 3. The molecule has 4 nitrogen and oxygen atoms in total. The van der Waals surface area contributed by atoms with Gasteiger partial charge in [0.2, 0.25) is 5.91 Å². The van der Waals surface area contributed by atoms with Crippen molar-refractivity contribution in [2.75, 3.05) is 11.9 Å². The van der Waals surface area contributed by atoms with Gasteiger partial charge in [-0.15, -0.1) is 0 Å². The van der Waals surface area contributed by atoms with Crippen LogP contribution in [0.5, 0.6) is 5.75 Å². The van der Waals surface area contributed by atoms with Crippen LogP contribution in [0.25, 0.3) is 0 Å². The van der Waals surface area contributed by atoms with Gasteiger partial charge in [0.25, 0.3) is 0 Å². The normalized spacial score (nSPS) is 22.8. The predicted octanol–water partition coefficient (Wildman–Crippen LogP) is 2.18. The Morgan fingerprint density at radius 1 is 1.44 bits per heavy atom. The summed E-state index contributed by atoms with van der Waals surface area (Å²) in [5, 5.41) is 12.6. The van der Waals surface area contributed by atoms with E-state index >= 15 is 0 Å². The fourth-order valence-corrected chi connectivity index (χ4v) is 2.32. The molecule has 0 aliphatic heterocycles. The molecule has 0 radical (unpaired) electrons. The van der Waals surface area contributed by atoms with Crippen LogP contribution < -0.4 is 10.1 Å². The van der Waals surface area contributed by atoms with E-state index < -0.39 is 6.10 Å². The molecule has 2 atom stereocenters. The number of ether oxygens (including phenoxy) is 1. The zero-order valence-corrected chi connectivity index (χ0v) is 10.6. The molecule has 0 aromatic heterocycles. The molecule has 0 heterocycles. The second kappa shape index (κ2) is 5.87. The van der Waals surface area contributed by atoms with E-state index in [1.165, 1.54) is 0 Å². The van der Waals surface area contributed by atoms with Crippen LogP contribution in [0.15, 0.2) is 24.3 Å². The third kappa shape index (κ3) is 2.82. The second-order valence-corrected chi connectivity index (χ2v) is 4.52. The maximum atomic E-state index is 12.1. The Kier molecular flexibility index (Phi) is 4.20. The first kappa shape index (κ1) is 12.9. The van der Waals surface area contributed by atoms with E-state index in [4.69, 9.17) is 4.74 Å². The third-order valence-corrected chi connectivity index (χ3v) is 3.26. The van der Waals surface area contributed by atoms with Crippen LogP contribution in [0.2, 0.25) is 0 Å². The van der Waals surface area contributed by atoms with Gasteiger partial charge in [-0.3, -0.25) is 4.79 Å². The van der Waals surface area contributed by atoms with E-state index in [0.29, 0.717) is 24.5 Å². The molecule has 1 aromatic rings. The minimum Gasteiger partial charge on any atom is -0.492 e. The number of aliphatic hydroxyl groups is 1. The van der Waals surface area contributed by atoms with Crippen LogP contribution in [0.3, 0.4) is 0 Å². The van der Waals surface area contributed by atoms with Crippen LogP contribution in [-0.2, 0) is 4.79 Å². The average molecular weight is 249 g/mol. The number of amides is 1. The monoisotopic (exact) mass is 249 g/mol. The average Bonchev–Trinajstić information content (AvgIpc) is 2.78. The zero-order valence-electron chi connectivity index (χ0n) is 10.6. The number of hydrogen-bond donors (Lipinski definition) is 2. The maximum Gasteiger partial charge on any atom is 0.230 e. The van der Waals surface area contributed by atoms with Crippen LogP contribution in [0, 0.1) is 5.92 Å². The molecule has 2 rings (SSSR count). The van der Waals surface area contributed by atoms with E-state index in [0.717, 1.165) is 12.8 Å². The molecule has 1 saturated carbocycles. The summed E-state index contributed by atoms with van der Waals surface area (Å²) in [5.41, 5.74) is 0.670. The lowest BCUT2D eigenvalue weighted by Gasteiger charge is -2.16. The molecule has 1 aromatic carbocycles. The first-order valence-electron chi connectivity index (χ1n) is 6.43. The summed E-state index contributed by atoms with van der Waals surface area (Å²) < 4.78 is 5.45. The predicted molar refractivity (Wildman–Crippen MR) is 69.6 cm³/mol. The van der Waals surface area contributed by atoms with Gasteiger partial charge in [-0.25, -0.2) is 0 Å². The number of rotatable bonds is 4. The largest absolute Gasteiger partial charge is 0.492 e. The van der Waals surface area contributed by atoms with Crippen molar-refractivity contribution in [3.05, 3.63) is 24.3 Å². The van der Waals surface area contributed by atoms with Gasteiger partial charge in [-0.1, -0.05) is 12.1 Å². The van der Waals surface area contributed by atoms with Gasteiger partial charge in [0.05, 0.1) is 24.3 Å². The Labute approximate surface area is 107 Å². The van der Waals surface area contributed by atoms with Crippen molar-refractivity contribution in [3.8, 4) is 5.75 Å². The summed E-state index contributed by atoms with van der Waals surface area (Å²) in [6.45, 7) is 2.46. The number of anilines is 1. The SMILES string of the molecule is CCOc1ccccc1NC(=O)C1CCCC1O. The van der Waals surface area contributed by atoms with Gasteiger partial charge >= 0.3 is 0 Å². The van der Waals surface area contributed by atoms with Crippen molar-refractivity contribution in [1.82, 2.24) is 0 Å². The van der Waals surface area contributed by atoms with E-state index in [1.807, 2.05) is 31.2 Å². The minimum absolute atomic E-state index is 0.118. The highest BCUT2D eigenvalue weighted by atomic mass is 16.5. The summed E-state index contributed by atoms with van der Waals surface area (Å²) >= 11 is 0. The number of benzene rings is 1. The van der Waals surface area contributed by atoms with Crippen molar-refractivity contribution in [2.45, 2.75) is 32.3 Å². The zero-order chi connectivity index (χ0) is 13.0. The van der Waals surface area contributed by atoms with Gasteiger partial charge in [-0.05, 0) is 38.3 Å². The highest BCUT2D eigenvalue weighted by molar-refractivity contribution is 5.94. The molecule has 1 aliphatic rings. The van der Waals surface area contributed by atoms with E-state index in [-0.39, 0.29) is 11.8 Å². The van der Waals surface area contributed by atoms with E-state index in [2.05, 4.69) is 5.32 Å². The minimum atomic E-state index is -0.510. The van der Waals surface area contributed by atoms with Crippen LogP contribution in [-0.4, -0.2) is 23.7 Å². The maximum absolute atomic E-state index is 12.1. The van der Waals surface area contributed by atoms with Crippen molar-refractivity contribution in [2.24, 2.45) is 5.92 Å². The van der Waals surface area contributed by atoms with Crippen LogP contribution in [0.4, 0.5) is 5.69 Å². The molecule has 98 valence electrons. The van der Waals surface area contributed by atoms with Crippen molar-refractivity contribution in [3.63, 3.8) is 0 Å². The van der Waals surface area contributed by atoms with Crippen molar-refractivity contribution in [1.29, 1.82) is 0 Å². The molecule has 4 heteroatoms. The molecule has 1 fully saturated rings. The number of aliphatic hydroxyl groups excluding tert-OH is 1. The molecule has 0 bridgehead atoms. The summed E-state index contributed by atoms with van der Waals surface area (Å²) in [6.07, 6.45) is 1.87. The summed E-state index contributed by atoms with van der Waals surface area (Å²) in [5.74, 6) is 0.257. The number of para-hydroxylation sites is 2. The highest BCUT2D eigenvalue weighted by Gasteiger charge is 2.31. The Hall–Kier alpha value is -1.55. The van der Waals surface area contributed by atoms with Gasteiger partial charge in [0.1, 0.15) is 5.75 Å². The van der Waals surface area contributed by atoms with Crippen molar-refractivity contribution < 1.29 is 14.6 Å². The molecular formula is C14H19NO3. The van der Waals surface area contributed by atoms with E-state index in [9.17, 15) is 9.90 Å². The molecule has 2 N–H and O–H groups in total. The Morgan fingerprint density at radius 3 is 2.89 bits per heavy atom. The van der Waals surface area contributed by atoms with Gasteiger partial charge < -0.3 is 15.2 Å². The smallest absolute Gasteiger partial charge is 0.230 e. The quantitative estimate of drug-likeness (QED) is 0.860. The first-order chi connectivity index (χ1) is 8.72. The summed E-state index contributed by atoms with van der Waals surface area (Å²) in [6, 6.07) is 7.35. The Morgan fingerprint density at radius 2 is 2.22 bits per heavy atom. The molecule has 18 heavy (non-hydrogen) atoms. The third-order valence-electron chi connectivity index (χ3n) is 3.26. The van der Waals surface area contributed by atoms with Gasteiger partial charge in [-0.2, -0.15) is 0 Å². The molecule has 0 spiro atoms. The van der Waals surface area contributed by atoms with Gasteiger partial charge in [0.15, 0.2) is 0 Å². The fourth-order valence-electron chi connectivity index (χ4n) is 2.32. The van der Waals surface area contributed by atoms with Crippen LogP contribution >= 0.6 is 0 Å². The highest BCUT2D eigenvalue weighted by Crippen LogP contribution is 2.29. The molecule has 2 unspecified atom stereocenters. The molecule has 0 saturated heterocycles. The topological polar surface area (TPSA) is 58.6 Å². The number of nitrogens with one attached hydrogen (secondary N) is 1. The van der Waals surface area contributed by atoms with Gasteiger partial charge in [0, 0.05) is 0 Å². The fraction of sp³-hybridized carbons (Fsp3) is 0.500. The molecular weight excluding hydrogens is 230 g/mol. The van der Waals surface area contributed by atoms with E-state index in [1.54, 1.807) is 0 Å². The molecule has 1 amide bonds. The lowest BCUT2D eigenvalue weighted by molar-refractivity contribution is -0.122. The number of carbonyl (C=O) groups excluding carboxylic acids is 1. The number of carbonyl (C=O) groups is 1. The summed E-state index contributed by atoms with van der Waals surface area (Å²) in [7, 11) is 0. The lowest BCUT2D eigenvalue weighted by Crippen LogP contribution is -2.28. The van der Waals surface area contributed by atoms with Crippen molar-refractivity contribution >= 4 is 11.6 Å². The Balaban J connectivity index is 2.06. The summed E-state index contributed by atoms with van der Waals surface area (Å²) in [4.78, 5) is 12.1. The first-order valence-corrected chi connectivity index (χ1v) is 6.43. The lowest BCUT2D eigenvalue weighted by atomic mass is 10.1. The van der Waals surface area contributed by atoms with Crippen LogP contribution in [0.1, 0.15) is 26.2 Å². The second-order valence-electron chi connectivity index (χ2n) is 4.52. The molecule has 1 aliphatic carbocycles. The standard InChI is InChI=1S/C14H19NO3/c1-2-18-13-9-4-3-7-11(13)15-14(17)10-6-5-8-12(10)16/h3-4,7,9-10,12,16H,2,5-6,8H2,1H3,(H,15,17).